The van der Waals surface area contributed by atoms with Crippen molar-refractivity contribution in [3.63, 3.8) is 0 Å². The van der Waals surface area contributed by atoms with E-state index in [4.69, 9.17) is 0 Å². The number of halogens is 1. The first kappa shape index (κ1) is 12.4. The average molecular weight is 288 g/mol. The second-order valence-corrected chi connectivity index (χ2v) is 5.94. The summed E-state index contributed by atoms with van der Waals surface area (Å²) in [5.41, 5.74) is 0.00472. The molecule has 0 radical (unpaired) electrons. The van der Waals surface area contributed by atoms with E-state index in [1.807, 2.05) is 0 Å². The number of likely N-dealkylation sites (tertiary alicyclic amines) is 1. The van der Waals surface area contributed by atoms with Gasteiger partial charge in [0.2, 0.25) is 5.91 Å². The normalized spacial score (nSPS) is 28.6. The molecule has 0 aromatic rings. The molecule has 2 fully saturated rings. The van der Waals surface area contributed by atoms with Crippen molar-refractivity contribution in [2.75, 3.05) is 11.9 Å². The Morgan fingerprint density at radius 2 is 2.06 bits per heavy atom. The molecule has 1 amide bonds. The van der Waals surface area contributed by atoms with E-state index in [0.717, 1.165) is 31.1 Å². The summed E-state index contributed by atoms with van der Waals surface area (Å²) in [5, 5.41) is 0.943. The lowest BCUT2D eigenvalue weighted by atomic mass is 9.81. The second-order valence-electron chi connectivity index (χ2n) is 5.29. The maximum atomic E-state index is 12.7. The topological polar surface area (TPSA) is 20.3 Å². The van der Waals surface area contributed by atoms with Crippen LogP contribution >= 0.6 is 15.9 Å². The smallest absolute Gasteiger partial charge is 0.229 e. The summed E-state index contributed by atoms with van der Waals surface area (Å²) < 4.78 is 0. The Hall–Kier alpha value is -0.0500. The zero-order valence-corrected chi connectivity index (χ0v) is 11.8. The van der Waals surface area contributed by atoms with Crippen molar-refractivity contribution in [1.29, 1.82) is 0 Å². The fraction of sp³-hybridized carbons (Fsp3) is 0.923. The van der Waals surface area contributed by atoms with E-state index in [2.05, 4.69) is 27.8 Å². The molecule has 1 unspecified atom stereocenters. The summed E-state index contributed by atoms with van der Waals surface area (Å²) in [6.07, 6.45) is 8.11. The minimum absolute atomic E-state index is 0.00472. The lowest BCUT2D eigenvalue weighted by molar-refractivity contribution is -0.142. The van der Waals surface area contributed by atoms with Gasteiger partial charge in [0, 0.05) is 23.3 Å². The van der Waals surface area contributed by atoms with Crippen LogP contribution in [0.5, 0.6) is 0 Å². The zero-order chi connectivity index (χ0) is 11.6. The van der Waals surface area contributed by atoms with Gasteiger partial charge in [-0.2, -0.15) is 0 Å². The Labute approximate surface area is 107 Å². The third-order valence-corrected chi connectivity index (χ3v) is 5.25. The number of hydrogen-bond acceptors (Lipinski definition) is 1. The van der Waals surface area contributed by atoms with Gasteiger partial charge in [-0.3, -0.25) is 4.79 Å². The molecule has 0 aromatic heterocycles. The molecular weight excluding hydrogens is 266 g/mol. The molecule has 1 aliphatic carbocycles. The fourth-order valence-electron chi connectivity index (χ4n) is 3.34. The van der Waals surface area contributed by atoms with Crippen LogP contribution in [0.2, 0.25) is 0 Å². The number of nitrogens with zero attached hydrogens (tertiary/aromatic N) is 1. The number of amides is 1. The lowest BCUT2D eigenvalue weighted by Crippen LogP contribution is -2.45. The molecule has 0 N–H and O–H groups in total. The van der Waals surface area contributed by atoms with Crippen molar-refractivity contribution in [2.45, 2.75) is 57.9 Å². The van der Waals surface area contributed by atoms with E-state index in [1.165, 1.54) is 25.7 Å². The Balaban J connectivity index is 2.10. The molecule has 2 rings (SSSR count). The number of carbonyl (C=O) groups excluding carboxylic acids is 1. The molecular formula is C13H22BrNO. The first-order valence-corrected chi connectivity index (χ1v) is 7.73. The van der Waals surface area contributed by atoms with Gasteiger partial charge in [-0.1, -0.05) is 35.7 Å². The molecule has 0 bridgehead atoms. The number of rotatable bonds is 3. The van der Waals surface area contributed by atoms with Crippen molar-refractivity contribution >= 4 is 21.8 Å². The third kappa shape index (κ3) is 2.03. The standard InChI is InChI=1S/C13H22BrNO/c1-2-13(7-3-4-8-13)12(16)15-9-5-6-11(15)10-14/h11H,2-10H2,1H3. The molecule has 16 heavy (non-hydrogen) atoms. The van der Waals surface area contributed by atoms with Gasteiger partial charge in [-0.15, -0.1) is 0 Å². The monoisotopic (exact) mass is 287 g/mol. The van der Waals surface area contributed by atoms with Crippen molar-refractivity contribution in [2.24, 2.45) is 5.41 Å². The largest absolute Gasteiger partial charge is 0.338 e. The number of carbonyl (C=O) groups is 1. The molecule has 2 aliphatic rings. The van der Waals surface area contributed by atoms with E-state index in [-0.39, 0.29) is 5.41 Å². The molecule has 1 saturated carbocycles. The van der Waals surface area contributed by atoms with Gasteiger partial charge in [0.25, 0.3) is 0 Å². The Morgan fingerprint density at radius 1 is 1.38 bits per heavy atom. The van der Waals surface area contributed by atoms with Crippen LogP contribution in [0.4, 0.5) is 0 Å². The highest BCUT2D eigenvalue weighted by Gasteiger charge is 2.44. The Morgan fingerprint density at radius 3 is 2.62 bits per heavy atom. The van der Waals surface area contributed by atoms with Crippen LogP contribution in [0.25, 0.3) is 0 Å². The van der Waals surface area contributed by atoms with Crippen LogP contribution < -0.4 is 0 Å². The quantitative estimate of drug-likeness (QED) is 0.729. The first-order chi connectivity index (χ1) is 7.73. The third-order valence-electron chi connectivity index (χ3n) is 4.51. The molecule has 0 spiro atoms. The molecule has 1 aliphatic heterocycles. The van der Waals surface area contributed by atoms with Gasteiger partial charge in [0.1, 0.15) is 0 Å². The van der Waals surface area contributed by atoms with Crippen LogP contribution in [0.15, 0.2) is 0 Å². The second kappa shape index (κ2) is 5.07. The average Bonchev–Trinajstić information content (AvgIpc) is 2.97. The first-order valence-electron chi connectivity index (χ1n) is 6.60. The van der Waals surface area contributed by atoms with Crippen LogP contribution in [0.3, 0.4) is 0 Å². The van der Waals surface area contributed by atoms with Gasteiger partial charge in [-0.05, 0) is 32.1 Å². The predicted octanol–water partition coefficient (Wildman–Crippen LogP) is 3.34. The van der Waals surface area contributed by atoms with Crippen molar-refractivity contribution in [1.82, 2.24) is 4.90 Å². The Kier molecular flexibility index (Phi) is 3.93. The molecule has 1 saturated heterocycles. The molecule has 1 atom stereocenters. The highest BCUT2D eigenvalue weighted by Crippen LogP contribution is 2.43. The number of alkyl halides is 1. The molecule has 3 heteroatoms. The van der Waals surface area contributed by atoms with Crippen LogP contribution in [0, 0.1) is 5.41 Å². The summed E-state index contributed by atoms with van der Waals surface area (Å²) in [4.78, 5) is 14.8. The van der Waals surface area contributed by atoms with Crippen LogP contribution in [-0.2, 0) is 4.79 Å². The molecule has 2 nitrogen and oxygen atoms in total. The Bertz CT molecular complexity index is 261. The van der Waals surface area contributed by atoms with Crippen LogP contribution in [-0.4, -0.2) is 28.7 Å². The highest BCUT2D eigenvalue weighted by atomic mass is 79.9. The number of hydrogen-bond donors (Lipinski definition) is 0. The van der Waals surface area contributed by atoms with Gasteiger partial charge in [0.05, 0.1) is 0 Å². The van der Waals surface area contributed by atoms with E-state index >= 15 is 0 Å². The maximum absolute atomic E-state index is 12.7. The highest BCUT2D eigenvalue weighted by molar-refractivity contribution is 9.09. The zero-order valence-electron chi connectivity index (χ0n) is 10.2. The molecule has 0 aromatic carbocycles. The molecule has 92 valence electrons. The van der Waals surface area contributed by atoms with Crippen molar-refractivity contribution in [3.8, 4) is 0 Å². The minimum atomic E-state index is 0.00472. The maximum Gasteiger partial charge on any atom is 0.229 e. The van der Waals surface area contributed by atoms with E-state index in [9.17, 15) is 4.79 Å². The van der Waals surface area contributed by atoms with E-state index in [1.54, 1.807) is 0 Å². The minimum Gasteiger partial charge on any atom is -0.338 e. The lowest BCUT2D eigenvalue weighted by Gasteiger charge is -2.34. The van der Waals surface area contributed by atoms with Gasteiger partial charge < -0.3 is 4.90 Å². The van der Waals surface area contributed by atoms with Gasteiger partial charge in [-0.25, -0.2) is 0 Å². The van der Waals surface area contributed by atoms with Crippen molar-refractivity contribution in [3.05, 3.63) is 0 Å². The summed E-state index contributed by atoms with van der Waals surface area (Å²) in [5.74, 6) is 0.453. The van der Waals surface area contributed by atoms with E-state index in [0.29, 0.717) is 11.9 Å². The summed E-state index contributed by atoms with van der Waals surface area (Å²) in [7, 11) is 0. The van der Waals surface area contributed by atoms with Gasteiger partial charge >= 0.3 is 0 Å². The summed E-state index contributed by atoms with van der Waals surface area (Å²) in [6, 6.07) is 0.455. The summed E-state index contributed by atoms with van der Waals surface area (Å²) >= 11 is 3.54. The molecule has 1 heterocycles. The van der Waals surface area contributed by atoms with E-state index < -0.39 is 0 Å². The summed E-state index contributed by atoms with van der Waals surface area (Å²) in [6.45, 7) is 3.17. The SMILES string of the molecule is CCC1(C(=O)N2CCCC2CBr)CCCC1. The predicted molar refractivity (Wildman–Crippen MR) is 69.7 cm³/mol. The van der Waals surface area contributed by atoms with Crippen LogP contribution in [0.1, 0.15) is 51.9 Å². The fourth-order valence-corrected chi connectivity index (χ4v) is 4.01. The van der Waals surface area contributed by atoms with Gasteiger partial charge in [0.15, 0.2) is 0 Å². The van der Waals surface area contributed by atoms with Crippen molar-refractivity contribution < 1.29 is 4.79 Å².